The molecule has 3 rings (SSSR count). The fourth-order valence-electron chi connectivity index (χ4n) is 2.46. The van der Waals surface area contributed by atoms with E-state index >= 15 is 0 Å². The molecule has 25 heavy (non-hydrogen) atoms. The highest BCUT2D eigenvalue weighted by Gasteiger charge is 2.15. The molecule has 0 atom stereocenters. The summed E-state index contributed by atoms with van der Waals surface area (Å²) >= 11 is 2.83. The van der Waals surface area contributed by atoms with E-state index in [1.165, 1.54) is 23.1 Å². The Morgan fingerprint density at radius 2 is 2.12 bits per heavy atom. The van der Waals surface area contributed by atoms with E-state index in [4.69, 9.17) is 0 Å². The summed E-state index contributed by atoms with van der Waals surface area (Å²) in [5.41, 5.74) is 0.591. The van der Waals surface area contributed by atoms with Crippen molar-refractivity contribution in [3.63, 3.8) is 0 Å². The van der Waals surface area contributed by atoms with Crippen molar-refractivity contribution in [1.82, 2.24) is 9.55 Å². The highest BCUT2D eigenvalue weighted by atomic mass is 32.2. The van der Waals surface area contributed by atoms with Crippen LogP contribution in [0.3, 0.4) is 0 Å². The summed E-state index contributed by atoms with van der Waals surface area (Å²) in [6.07, 6.45) is 2.54. The number of carbonyl (C=O) groups is 1. The number of Topliss-reactive ketones (excluding diaryl/α,β-unsaturated/α-hetero) is 1. The second-order valence-electron chi connectivity index (χ2n) is 5.46. The van der Waals surface area contributed by atoms with E-state index < -0.39 is 0 Å². The van der Waals surface area contributed by atoms with E-state index in [9.17, 15) is 9.59 Å². The van der Waals surface area contributed by atoms with Crippen LogP contribution in [0.15, 0.2) is 59.0 Å². The van der Waals surface area contributed by atoms with Crippen LogP contribution in [-0.2, 0) is 13.0 Å². The molecule has 0 aliphatic rings. The molecular formula is C19H18N2O2S2. The maximum absolute atomic E-state index is 12.8. The minimum atomic E-state index is -0.0736. The number of aromatic nitrogens is 2. The molecule has 6 heteroatoms. The highest BCUT2D eigenvalue weighted by Crippen LogP contribution is 2.25. The number of fused-ring (bicyclic) bond motifs is 1. The Bertz CT molecular complexity index is 974. The highest BCUT2D eigenvalue weighted by molar-refractivity contribution is 7.99. The molecule has 0 amide bonds. The maximum atomic E-state index is 12.8. The molecule has 0 spiro atoms. The number of ketones is 1. The number of rotatable bonds is 7. The third kappa shape index (κ3) is 3.75. The fourth-order valence-corrected chi connectivity index (χ4v) is 4.37. The number of allylic oxidation sites excluding steroid dienone is 1. The molecular weight excluding hydrogens is 352 g/mol. The van der Waals surface area contributed by atoms with E-state index in [0.29, 0.717) is 22.7 Å². The van der Waals surface area contributed by atoms with Crippen LogP contribution in [0.4, 0.5) is 0 Å². The van der Waals surface area contributed by atoms with Gasteiger partial charge < -0.3 is 0 Å². The van der Waals surface area contributed by atoms with Crippen LogP contribution in [0, 0.1) is 0 Å². The summed E-state index contributed by atoms with van der Waals surface area (Å²) < 4.78 is 1.59. The SMILES string of the molecule is C=CCn1c(SCC(=O)c2ccccc2)nc2sc(CC)cc2c1=O. The van der Waals surface area contributed by atoms with Gasteiger partial charge in [-0.25, -0.2) is 4.98 Å². The van der Waals surface area contributed by atoms with Gasteiger partial charge in [-0.05, 0) is 12.5 Å². The van der Waals surface area contributed by atoms with Gasteiger partial charge in [-0.15, -0.1) is 17.9 Å². The first-order chi connectivity index (χ1) is 12.1. The molecule has 0 saturated heterocycles. The van der Waals surface area contributed by atoms with Gasteiger partial charge in [-0.1, -0.05) is 55.1 Å². The Balaban J connectivity index is 1.94. The first kappa shape index (κ1) is 17.6. The molecule has 0 aliphatic heterocycles. The van der Waals surface area contributed by atoms with Crippen LogP contribution in [0.25, 0.3) is 10.2 Å². The van der Waals surface area contributed by atoms with Crippen LogP contribution in [0.1, 0.15) is 22.2 Å². The number of hydrogen-bond acceptors (Lipinski definition) is 5. The van der Waals surface area contributed by atoms with Crippen molar-refractivity contribution in [3.8, 4) is 0 Å². The van der Waals surface area contributed by atoms with Crippen molar-refractivity contribution in [1.29, 1.82) is 0 Å². The fraction of sp³-hybridized carbons (Fsp3) is 0.211. The zero-order valence-electron chi connectivity index (χ0n) is 13.9. The summed E-state index contributed by atoms with van der Waals surface area (Å²) in [6, 6.07) is 11.1. The minimum Gasteiger partial charge on any atom is -0.293 e. The van der Waals surface area contributed by atoms with Crippen LogP contribution >= 0.6 is 23.1 Å². The van der Waals surface area contributed by atoms with Gasteiger partial charge >= 0.3 is 0 Å². The van der Waals surface area contributed by atoms with E-state index in [1.54, 1.807) is 22.8 Å². The lowest BCUT2D eigenvalue weighted by molar-refractivity contribution is 0.102. The predicted molar refractivity (Wildman–Crippen MR) is 105 cm³/mol. The summed E-state index contributed by atoms with van der Waals surface area (Å²) in [5, 5.41) is 1.20. The number of benzene rings is 1. The molecule has 2 aromatic heterocycles. The van der Waals surface area contributed by atoms with Crippen LogP contribution in [0.2, 0.25) is 0 Å². The molecule has 0 fully saturated rings. The van der Waals surface area contributed by atoms with Gasteiger partial charge in [0.25, 0.3) is 5.56 Å². The standard InChI is InChI=1S/C19H18N2O2S2/c1-3-10-21-18(23)15-11-14(4-2)25-17(15)20-19(21)24-12-16(22)13-8-6-5-7-9-13/h3,5-9,11H,1,4,10,12H2,2H3. The monoisotopic (exact) mass is 370 g/mol. The average molecular weight is 370 g/mol. The van der Waals surface area contributed by atoms with Gasteiger partial charge in [0.05, 0.1) is 11.1 Å². The van der Waals surface area contributed by atoms with Crippen LogP contribution in [0.5, 0.6) is 0 Å². The molecule has 2 heterocycles. The van der Waals surface area contributed by atoms with Crippen molar-refractivity contribution in [2.24, 2.45) is 0 Å². The summed E-state index contributed by atoms with van der Waals surface area (Å²) in [7, 11) is 0. The van der Waals surface area contributed by atoms with Gasteiger partial charge in [0.15, 0.2) is 10.9 Å². The average Bonchev–Trinajstić information content (AvgIpc) is 3.06. The predicted octanol–water partition coefficient (Wildman–Crippen LogP) is 4.18. The molecule has 1 aromatic carbocycles. The molecule has 128 valence electrons. The first-order valence-electron chi connectivity index (χ1n) is 7.99. The molecule has 0 bridgehead atoms. The number of hydrogen-bond donors (Lipinski definition) is 0. The second-order valence-corrected chi connectivity index (χ2v) is 7.52. The lowest BCUT2D eigenvalue weighted by Crippen LogP contribution is -2.22. The molecule has 0 radical (unpaired) electrons. The van der Waals surface area contributed by atoms with Crippen molar-refractivity contribution in [2.45, 2.75) is 25.0 Å². The smallest absolute Gasteiger partial charge is 0.263 e. The van der Waals surface area contributed by atoms with E-state index in [0.717, 1.165) is 16.1 Å². The largest absolute Gasteiger partial charge is 0.293 e. The minimum absolute atomic E-state index is 0.0190. The zero-order chi connectivity index (χ0) is 17.8. The van der Waals surface area contributed by atoms with Gasteiger partial charge in [0, 0.05) is 17.0 Å². The Hall–Kier alpha value is -2.18. The topological polar surface area (TPSA) is 52.0 Å². The Kier molecular flexibility index (Phi) is 5.50. The van der Waals surface area contributed by atoms with Crippen molar-refractivity contribution >= 4 is 39.1 Å². The molecule has 3 aromatic rings. The van der Waals surface area contributed by atoms with Crippen LogP contribution in [-0.4, -0.2) is 21.1 Å². The normalized spacial score (nSPS) is 10.9. The zero-order valence-corrected chi connectivity index (χ0v) is 15.5. The molecule has 4 nitrogen and oxygen atoms in total. The quantitative estimate of drug-likeness (QED) is 0.271. The van der Waals surface area contributed by atoms with E-state index in [1.807, 2.05) is 24.3 Å². The van der Waals surface area contributed by atoms with Crippen molar-refractivity contribution in [2.75, 3.05) is 5.75 Å². The molecule has 0 unspecified atom stereocenters. The Labute approximate surface area is 154 Å². The number of aryl methyl sites for hydroxylation is 1. The van der Waals surface area contributed by atoms with E-state index in [-0.39, 0.29) is 17.1 Å². The van der Waals surface area contributed by atoms with Gasteiger partial charge in [0.2, 0.25) is 0 Å². The summed E-state index contributed by atoms with van der Waals surface area (Å²) in [4.78, 5) is 31.6. The number of carbonyl (C=O) groups excluding carboxylic acids is 1. The summed E-state index contributed by atoms with van der Waals surface area (Å²) in [5.74, 6) is 0.260. The van der Waals surface area contributed by atoms with Gasteiger partial charge in [0.1, 0.15) is 4.83 Å². The van der Waals surface area contributed by atoms with Gasteiger partial charge in [-0.2, -0.15) is 0 Å². The van der Waals surface area contributed by atoms with E-state index in [2.05, 4.69) is 18.5 Å². The number of nitrogens with zero attached hydrogens (tertiary/aromatic N) is 2. The number of thiophene rings is 1. The molecule has 0 N–H and O–H groups in total. The maximum Gasteiger partial charge on any atom is 0.263 e. The van der Waals surface area contributed by atoms with Crippen molar-refractivity contribution in [3.05, 3.63) is 69.8 Å². The molecule has 0 aliphatic carbocycles. The molecule has 0 saturated carbocycles. The first-order valence-corrected chi connectivity index (χ1v) is 9.79. The van der Waals surface area contributed by atoms with Crippen molar-refractivity contribution < 1.29 is 4.79 Å². The van der Waals surface area contributed by atoms with Crippen LogP contribution < -0.4 is 5.56 Å². The Morgan fingerprint density at radius 3 is 2.80 bits per heavy atom. The second kappa shape index (κ2) is 7.80. The van der Waals surface area contributed by atoms with Gasteiger partial charge in [-0.3, -0.25) is 14.2 Å². The third-order valence-electron chi connectivity index (χ3n) is 3.76. The number of thioether (sulfide) groups is 1. The lowest BCUT2D eigenvalue weighted by Gasteiger charge is -2.09. The lowest BCUT2D eigenvalue weighted by atomic mass is 10.2. The third-order valence-corrected chi connectivity index (χ3v) is 5.91. The summed E-state index contributed by atoms with van der Waals surface area (Å²) in [6.45, 7) is 6.15. The Morgan fingerprint density at radius 1 is 1.36 bits per heavy atom.